The van der Waals surface area contributed by atoms with Crippen LogP contribution in [0.5, 0.6) is 0 Å². The van der Waals surface area contributed by atoms with E-state index in [-0.39, 0.29) is 5.91 Å². The third kappa shape index (κ3) is 3.92. The molecule has 4 aromatic rings. The average molecular weight is 359 g/mol. The molecule has 0 unspecified atom stereocenters. The first-order valence-electron chi connectivity index (χ1n) is 8.97. The largest absolute Gasteiger partial charge is 0.464 e. The Hall–Kier alpha value is -3.34. The summed E-state index contributed by atoms with van der Waals surface area (Å²) in [7, 11) is 0. The highest BCUT2D eigenvalue weighted by Crippen LogP contribution is 2.22. The lowest BCUT2D eigenvalue weighted by Gasteiger charge is -2.11. The van der Waals surface area contributed by atoms with Gasteiger partial charge in [0.05, 0.1) is 19.2 Å². The van der Waals surface area contributed by atoms with E-state index in [9.17, 15) is 4.79 Å². The smallest absolute Gasteiger partial charge is 0.224 e. The normalized spacial score (nSPS) is 11.0. The van der Waals surface area contributed by atoms with E-state index >= 15 is 0 Å². The molecular weight excluding hydrogens is 338 g/mol. The standard InChI is InChI=1S/C22H21N3O2/c1-16-7-8-20-19(15-27-21(20)11-16)12-22(26)23-13-17-5-2-3-6-18(17)14-25-10-4-9-24-25/h2-11,15H,12-14H2,1H3,(H,23,26). The molecule has 1 amide bonds. The van der Waals surface area contributed by atoms with Gasteiger partial charge in [0.25, 0.3) is 0 Å². The third-order valence-electron chi connectivity index (χ3n) is 4.65. The average Bonchev–Trinajstić information content (AvgIpc) is 3.31. The second-order valence-corrected chi connectivity index (χ2v) is 6.69. The summed E-state index contributed by atoms with van der Waals surface area (Å²) in [4.78, 5) is 12.5. The number of aromatic nitrogens is 2. The molecule has 0 atom stereocenters. The first kappa shape index (κ1) is 17.1. The van der Waals surface area contributed by atoms with Crippen LogP contribution in [-0.2, 0) is 24.3 Å². The summed E-state index contributed by atoms with van der Waals surface area (Å²) in [5, 5.41) is 8.27. The van der Waals surface area contributed by atoms with Crippen LogP contribution in [0.4, 0.5) is 0 Å². The number of benzene rings is 2. The van der Waals surface area contributed by atoms with Crippen molar-refractivity contribution < 1.29 is 9.21 Å². The van der Waals surface area contributed by atoms with Crippen LogP contribution in [0.25, 0.3) is 11.0 Å². The SMILES string of the molecule is Cc1ccc2c(CC(=O)NCc3ccccc3Cn3cccn3)coc2c1. The zero-order valence-corrected chi connectivity index (χ0v) is 15.2. The van der Waals surface area contributed by atoms with E-state index in [0.29, 0.717) is 19.5 Å². The van der Waals surface area contributed by atoms with Crippen molar-refractivity contribution >= 4 is 16.9 Å². The van der Waals surface area contributed by atoms with Crippen LogP contribution in [-0.4, -0.2) is 15.7 Å². The number of aryl methyl sites for hydroxylation is 1. The minimum atomic E-state index is -0.0211. The Morgan fingerprint density at radius 2 is 1.96 bits per heavy atom. The predicted molar refractivity (Wildman–Crippen MR) is 104 cm³/mol. The van der Waals surface area contributed by atoms with Crippen molar-refractivity contribution in [1.29, 1.82) is 0 Å². The van der Waals surface area contributed by atoms with Gasteiger partial charge in [0.2, 0.25) is 5.91 Å². The molecule has 2 aromatic carbocycles. The van der Waals surface area contributed by atoms with Gasteiger partial charge in [-0.1, -0.05) is 36.4 Å². The van der Waals surface area contributed by atoms with Crippen molar-refractivity contribution in [1.82, 2.24) is 15.1 Å². The fraction of sp³-hybridized carbons (Fsp3) is 0.182. The molecule has 0 spiro atoms. The number of nitrogens with zero attached hydrogens (tertiary/aromatic N) is 2. The van der Waals surface area contributed by atoms with Crippen LogP contribution in [0.2, 0.25) is 0 Å². The summed E-state index contributed by atoms with van der Waals surface area (Å²) < 4.78 is 7.46. The van der Waals surface area contributed by atoms with Gasteiger partial charge in [-0.3, -0.25) is 9.48 Å². The van der Waals surface area contributed by atoms with Crippen molar-refractivity contribution in [2.75, 3.05) is 0 Å². The second-order valence-electron chi connectivity index (χ2n) is 6.69. The zero-order chi connectivity index (χ0) is 18.6. The first-order valence-corrected chi connectivity index (χ1v) is 8.97. The summed E-state index contributed by atoms with van der Waals surface area (Å²) in [6.45, 7) is 3.20. The van der Waals surface area contributed by atoms with Crippen LogP contribution in [0.1, 0.15) is 22.3 Å². The number of furan rings is 1. The first-order chi connectivity index (χ1) is 13.2. The van der Waals surface area contributed by atoms with Crippen molar-refractivity contribution in [2.45, 2.75) is 26.4 Å². The van der Waals surface area contributed by atoms with Crippen LogP contribution in [0.15, 0.2) is 71.6 Å². The molecule has 0 aliphatic rings. The molecule has 0 saturated heterocycles. The van der Waals surface area contributed by atoms with E-state index in [0.717, 1.165) is 33.2 Å². The number of hydrogen-bond acceptors (Lipinski definition) is 3. The third-order valence-corrected chi connectivity index (χ3v) is 4.65. The molecule has 5 nitrogen and oxygen atoms in total. The number of hydrogen-bond donors (Lipinski definition) is 1. The maximum absolute atomic E-state index is 12.5. The lowest BCUT2D eigenvalue weighted by molar-refractivity contribution is -0.120. The zero-order valence-electron chi connectivity index (χ0n) is 15.2. The highest BCUT2D eigenvalue weighted by atomic mass is 16.3. The Morgan fingerprint density at radius 1 is 1.11 bits per heavy atom. The van der Waals surface area contributed by atoms with E-state index < -0.39 is 0 Å². The molecule has 5 heteroatoms. The van der Waals surface area contributed by atoms with Gasteiger partial charge in [0.15, 0.2) is 0 Å². The monoisotopic (exact) mass is 359 g/mol. The Balaban J connectivity index is 1.42. The summed E-state index contributed by atoms with van der Waals surface area (Å²) in [6.07, 6.45) is 5.68. The molecule has 2 aromatic heterocycles. The molecular formula is C22H21N3O2. The molecule has 0 bridgehead atoms. The van der Waals surface area contributed by atoms with E-state index in [1.165, 1.54) is 0 Å². The predicted octanol–water partition coefficient (Wildman–Crippen LogP) is 3.84. The van der Waals surface area contributed by atoms with Gasteiger partial charge < -0.3 is 9.73 Å². The van der Waals surface area contributed by atoms with Crippen molar-refractivity contribution in [3.63, 3.8) is 0 Å². The molecule has 4 rings (SSSR count). The highest BCUT2D eigenvalue weighted by molar-refractivity contribution is 5.87. The number of carbonyl (C=O) groups is 1. The molecule has 0 fully saturated rings. The number of carbonyl (C=O) groups excluding carboxylic acids is 1. The van der Waals surface area contributed by atoms with E-state index in [1.807, 2.05) is 60.3 Å². The lowest BCUT2D eigenvalue weighted by Crippen LogP contribution is -2.25. The van der Waals surface area contributed by atoms with Gasteiger partial charge in [-0.05, 0) is 35.7 Å². The Labute approximate surface area is 157 Å². The summed E-state index contributed by atoms with van der Waals surface area (Å²) in [5.74, 6) is -0.0211. The lowest BCUT2D eigenvalue weighted by atomic mass is 10.1. The maximum atomic E-state index is 12.5. The van der Waals surface area contributed by atoms with Crippen molar-refractivity contribution in [3.8, 4) is 0 Å². The minimum absolute atomic E-state index is 0.0211. The summed E-state index contributed by atoms with van der Waals surface area (Å²) in [5.41, 5.74) is 5.11. The van der Waals surface area contributed by atoms with E-state index in [1.54, 1.807) is 12.5 Å². The van der Waals surface area contributed by atoms with Gasteiger partial charge >= 0.3 is 0 Å². The minimum Gasteiger partial charge on any atom is -0.464 e. The van der Waals surface area contributed by atoms with Crippen LogP contribution in [0.3, 0.4) is 0 Å². The Kier molecular flexibility index (Phi) is 4.75. The molecule has 0 aliphatic heterocycles. The van der Waals surface area contributed by atoms with Gasteiger partial charge in [-0.15, -0.1) is 0 Å². The maximum Gasteiger partial charge on any atom is 0.224 e. The van der Waals surface area contributed by atoms with E-state index in [4.69, 9.17) is 4.42 Å². The Morgan fingerprint density at radius 3 is 2.78 bits per heavy atom. The van der Waals surface area contributed by atoms with Gasteiger partial charge in [0.1, 0.15) is 5.58 Å². The topological polar surface area (TPSA) is 60.1 Å². The Bertz CT molecular complexity index is 1060. The summed E-state index contributed by atoms with van der Waals surface area (Å²) >= 11 is 0. The number of rotatable bonds is 6. The molecule has 27 heavy (non-hydrogen) atoms. The molecule has 2 heterocycles. The van der Waals surface area contributed by atoms with Gasteiger partial charge in [-0.2, -0.15) is 5.10 Å². The summed E-state index contributed by atoms with van der Waals surface area (Å²) in [6, 6.07) is 16.0. The fourth-order valence-corrected chi connectivity index (χ4v) is 3.21. The van der Waals surface area contributed by atoms with Gasteiger partial charge in [0, 0.05) is 29.9 Å². The number of fused-ring (bicyclic) bond motifs is 1. The molecule has 136 valence electrons. The van der Waals surface area contributed by atoms with Crippen LogP contribution >= 0.6 is 0 Å². The van der Waals surface area contributed by atoms with Crippen molar-refractivity contribution in [2.24, 2.45) is 0 Å². The van der Waals surface area contributed by atoms with Gasteiger partial charge in [-0.25, -0.2) is 0 Å². The highest BCUT2D eigenvalue weighted by Gasteiger charge is 2.11. The second kappa shape index (κ2) is 7.50. The number of nitrogens with one attached hydrogen (secondary N) is 1. The molecule has 0 saturated carbocycles. The molecule has 0 radical (unpaired) electrons. The van der Waals surface area contributed by atoms with Crippen LogP contribution < -0.4 is 5.32 Å². The van der Waals surface area contributed by atoms with E-state index in [2.05, 4.69) is 16.5 Å². The molecule has 1 N–H and O–H groups in total. The fourth-order valence-electron chi connectivity index (χ4n) is 3.21. The number of amides is 1. The van der Waals surface area contributed by atoms with Crippen molar-refractivity contribution in [3.05, 3.63) is 89.4 Å². The molecule has 0 aliphatic carbocycles. The quantitative estimate of drug-likeness (QED) is 0.569. The van der Waals surface area contributed by atoms with Crippen LogP contribution in [0, 0.1) is 6.92 Å².